The van der Waals surface area contributed by atoms with Crippen LogP contribution in [0.3, 0.4) is 0 Å². The number of halogens is 4. The molecule has 1 atom stereocenters. The van der Waals surface area contributed by atoms with E-state index in [0.717, 1.165) is 0 Å². The van der Waals surface area contributed by atoms with Crippen LogP contribution >= 0.6 is 18.2 Å². The summed E-state index contributed by atoms with van der Waals surface area (Å²) in [6.45, 7) is -7.90. The van der Waals surface area contributed by atoms with Crippen molar-refractivity contribution >= 4 is 18.2 Å². The Morgan fingerprint density at radius 2 is 2.09 bits per heavy atom. The third-order valence-corrected chi connectivity index (χ3v) is 1.37. The van der Waals surface area contributed by atoms with Crippen LogP contribution in [0.5, 0.6) is 0 Å². The van der Waals surface area contributed by atoms with Gasteiger partial charge in [-0.05, 0) is 0 Å². The van der Waals surface area contributed by atoms with Crippen molar-refractivity contribution in [2.45, 2.75) is 5.92 Å². The molecule has 0 bridgehead atoms. The maximum Gasteiger partial charge on any atom is 0.421 e. The van der Waals surface area contributed by atoms with Crippen LogP contribution in [0.1, 0.15) is 0 Å². The fourth-order valence-corrected chi connectivity index (χ4v) is 0.707. The van der Waals surface area contributed by atoms with Crippen LogP contribution < -0.4 is 0 Å². The van der Waals surface area contributed by atoms with Gasteiger partial charge in [0.05, 0.1) is 0 Å². The van der Waals surface area contributed by atoms with Gasteiger partial charge in [-0.25, -0.2) is 17.7 Å². The molecule has 11 heavy (non-hydrogen) atoms. The SMILES string of the molecule is O=P(O)(Cl)OCC(F)(F)CF. The minimum absolute atomic E-state index is 1.50. The maximum atomic E-state index is 11.9. The lowest BCUT2D eigenvalue weighted by Crippen LogP contribution is -2.24. The van der Waals surface area contributed by atoms with E-state index < -0.39 is 26.2 Å². The van der Waals surface area contributed by atoms with Gasteiger partial charge in [-0.2, -0.15) is 0 Å². The highest BCUT2D eigenvalue weighted by Gasteiger charge is 2.32. The molecule has 0 fully saturated rings. The highest BCUT2D eigenvalue weighted by molar-refractivity contribution is 7.80. The van der Waals surface area contributed by atoms with E-state index >= 15 is 0 Å². The fraction of sp³-hybridized carbons (Fsp3) is 1.00. The molecule has 68 valence electrons. The minimum atomic E-state index is -4.45. The van der Waals surface area contributed by atoms with Crippen LogP contribution in [-0.2, 0) is 9.09 Å². The van der Waals surface area contributed by atoms with Gasteiger partial charge in [0.2, 0.25) is 0 Å². The van der Waals surface area contributed by atoms with Gasteiger partial charge in [-0.15, -0.1) is 0 Å². The van der Waals surface area contributed by atoms with Gasteiger partial charge in [0, 0.05) is 11.2 Å². The average molecular weight is 212 g/mol. The maximum absolute atomic E-state index is 11.9. The zero-order chi connectivity index (χ0) is 9.12. The molecule has 1 unspecified atom stereocenters. The van der Waals surface area contributed by atoms with E-state index in [2.05, 4.69) is 15.8 Å². The Labute approximate surface area is 65.4 Å². The van der Waals surface area contributed by atoms with Crippen LogP contribution in [-0.4, -0.2) is 24.1 Å². The Bertz CT molecular complexity index is 169. The molecule has 0 amide bonds. The molecule has 0 radical (unpaired) electrons. The fourth-order valence-electron chi connectivity index (χ4n) is 0.213. The molecule has 0 aromatic heterocycles. The van der Waals surface area contributed by atoms with Crippen LogP contribution in [0, 0.1) is 0 Å². The first-order valence-corrected chi connectivity index (χ1v) is 4.86. The van der Waals surface area contributed by atoms with Gasteiger partial charge in [0.1, 0.15) is 6.61 Å². The van der Waals surface area contributed by atoms with Crippen molar-refractivity contribution in [2.75, 3.05) is 13.3 Å². The third kappa shape index (κ3) is 6.62. The molecule has 0 aromatic carbocycles. The Balaban J connectivity index is 3.80. The number of rotatable bonds is 4. The van der Waals surface area contributed by atoms with E-state index in [0.29, 0.717) is 0 Å². The van der Waals surface area contributed by atoms with Gasteiger partial charge in [-0.3, -0.25) is 4.52 Å². The zero-order valence-electron chi connectivity index (χ0n) is 5.14. The minimum Gasteiger partial charge on any atom is -0.313 e. The Kier molecular flexibility index (Phi) is 3.84. The standard InChI is InChI=1S/C3H5ClF3O3P/c4-11(8,9)10-2-3(6,7)1-5/h1-2H2,(H,8,9). The predicted octanol–water partition coefficient (Wildman–Crippen LogP) is 1.95. The van der Waals surface area contributed by atoms with Crippen molar-refractivity contribution in [1.82, 2.24) is 0 Å². The summed E-state index contributed by atoms with van der Waals surface area (Å²) in [5, 5.41) is 0. The summed E-state index contributed by atoms with van der Waals surface area (Å²) < 4.78 is 48.7. The van der Waals surface area contributed by atoms with E-state index in [4.69, 9.17) is 4.89 Å². The van der Waals surface area contributed by atoms with Gasteiger partial charge in [0.25, 0.3) is 5.92 Å². The van der Waals surface area contributed by atoms with Crippen molar-refractivity contribution in [2.24, 2.45) is 0 Å². The van der Waals surface area contributed by atoms with E-state index in [1.807, 2.05) is 0 Å². The van der Waals surface area contributed by atoms with Crippen molar-refractivity contribution < 1.29 is 27.2 Å². The predicted molar refractivity (Wildman–Crippen MR) is 32.6 cm³/mol. The molecule has 0 aliphatic heterocycles. The molecular formula is C3H5ClF3O3P. The van der Waals surface area contributed by atoms with E-state index in [1.165, 1.54) is 0 Å². The molecule has 3 nitrogen and oxygen atoms in total. The van der Waals surface area contributed by atoms with Crippen LogP contribution in [0.2, 0.25) is 0 Å². The van der Waals surface area contributed by atoms with E-state index in [-0.39, 0.29) is 0 Å². The lowest BCUT2D eigenvalue weighted by Gasteiger charge is -2.11. The van der Waals surface area contributed by atoms with Crippen molar-refractivity contribution in [3.63, 3.8) is 0 Å². The second-order valence-corrected chi connectivity index (χ2v) is 4.16. The Morgan fingerprint density at radius 3 is 2.36 bits per heavy atom. The Hall–Kier alpha value is 0.230. The van der Waals surface area contributed by atoms with E-state index in [9.17, 15) is 17.7 Å². The average Bonchev–Trinajstić information content (AvgIpc) is 1.83. The summed E-state index contributed by atoms with van der Waals surface area (Å²) in [4.78, 5) is 8.12. The number of hydrogen-bond donors (Lipinski definition) is 1. The number of hydrogen-bond acceptors (Lipinski definition) is 2. The number of alkyl halides is 3. The van der Waals surface area contributed by atoms with Gasteiger partial charge >= 0.3 is 6.95 Å². The molecule has 0 heterocycles. The smallest absolute Gasteiger partial charge is 0.313 e. The molecule has 0 aliphatic rings. The lowest BCUT2D eigenvalue weighted by atomic mass is 10.4. The van der Waals surface area contributed by atoms with Gasteiger partial charge in [-0.1, -0.05) is 0 Å². The molecule has 8 heteroatoms. The summed E-state index contributed by atoms with van der Waals surface area (Å²) in [5.41, 5.74) is 0. The summed E-state index contributed by atoms with van der Waals surface area (Å²) in [7, 11) is 0. The molecule has 0 spiro atoms. The van der Waals surface area contributed by atoms with Gasteiger partial charge in [0.15, 0.2) is 6.67 Å². The van der Waals surface area contributed by atoms with Crippen molar-refractivity contribution in [3.8, 4) is 0 Å². The molecule has 1 N–H and O–H groups in total. The largest absolute Gasteiger partial charge is 0.421 e. The van der Waals surface area contributed by atoms with Crippen LogP contribution in [0.15, 0.2) is 0 Å². The highest BCUT2D eigenvalue weighted by Crippen LogP contribution is 2.48. The topological polar surface area (TPSA) is 46.5 Å². The first-order chi connectivity index (χ1) is 4.77. The van der Waals surface area contributed by atoms with Gasteiger partial charge < -0.3 is 4.89 Å². The normalized spacial score (nSPS) is 17.9. The molecule has 0 saturated carbocycles. The quantitative estimate of drug-likeness (QED) is 0.725. The molecule has 0 aromatic rings. The van der Waals surface area contributed by atoms with Crippen molar-refractivity contribution in [1.29, 1.82) is 0 Å². The summed E-state index contributed by atoms with van der Waals surface area (Å²) in [6, 6.07) is 0. The summed E-state index contributed by atoms with van der Waals surface area (Å²) in [5.74, 6) is -3.76. The molecular weight excluding hydrogens is 207 g/mol. The highest BCUT2D eigenvalue weighted by atomic mass is 35.7. The van der Waals surface area contributed by atoms with E-state index in [1.54, 1.807) is 0 Å². The summed E-state index contributed by atoms with van der Waals surface area (Å²) >= 11 is 4.53. The monoisotopic (exact) mass is 212 g/mol. The van der Waals surface area contributed by atoms with Crippen LogP contribution in [0.25, 0.3) is 0 Å². The third-order valence-electron chi connectivity index (χ3n) is 0.630. The van der Waals surface area contributed by atoms with Crippen molar-refractivity contribution in [3.05, 3.63) is 0 Å². The zero-order valence-corrected chi connectivity index (χ0v) is 6.79. The Morgan fingerprint density at radius 1 is 1.64 bits per heavy atom. The van der Waals surface area contributed by atoms with Crippen LogP contribution in [0.4, 0.5) is 13.2 Å². The molecule has 0 aliphatic carbocycles. The first-order valence-electron chi connectivity index (χ1n) is 2.38. The second-order valence-electron chi connectivity index (χ2n) is 1.71. The molecule has 0 saturated heterocycles. The second kappa shape index (κ2) is 3.76. The first kappa shape index (κ1) is 11.2. The molecule has 0 rings (SSSR count). The lowest BCUT2D eigenvalue weighted by molar-refractivity contribution is -0.0596. The summed E-state index contributed by atoms with van der Waals surface area (Å²) in [6.07, 6.45) is 0.